The van der Waals surface area contributed by atoms with Gasteiger partial charge in [0.15, 0.2) is 17.7 Å². The lowest BCUT2D eigenvalue weighted by Gasteiger charge is -2.15. The van der Waals surface area contributed by atoms with Crippen LogP contribution in [0, 0.1) is 5.82 Å². The maximum absolute atomic E-state index is 13.6. The van der Waals surface area contributed by atoms with Crippen molar-refractivity contribution in [1.29, 1.82) is 0 Å². The van der Waals surface area contributed by atoms with E-state index in [4.69, 9.17) is 9.47 Å². The molecule has 0 saturated heterocycles. The van der Waals surface area contributed by atoms with Crippen molar-refractivity contribution < 1.29 is 18.7 Å². The topological polar surface area (TPSA) is 73.3 Å². The van der Waals surface area contributed by atoms with Crippen LogP contribution >= 0.6 is 0 Å². The van der Waals surface area contributed by atoms with E-state index in [2.05, 4.69) is 15.5 Å². The number of halogens is 1. The quantitative estimate of drug-likeness (QED) is 0.719. The fraction of sp³-hybridized carbons (Fsp3) is 0.150. The number of anilines is 1. The highest BCUT2D eigenvalue weighted by Gasteiger charge is 2.16. The third kappa shape index (κ3) is 4.58. The van der Waals surface area contributed by atoms with Crippen LogP contribution in [0.25, 0.3) is 11.3 Å². The largest absolute Gasteiger partial charge is 0.480 e. The van der Waals surface area contributed by atoms with E-state index in [0.717, 1.165) is 5.56 Å². The molecule has 2 aromatic carbocycles. The molecule has 0 fully saturated rings. The molecule has 0 aliphatic carbocycles. The van der Waals surface area contributed by atoms with Crippen LogP contribution in [0.1, 0.15) is 6.92 Å². The Balaban J connectivity index is 1.63. The molecule has 0 saturated carbocycles. The second kappa shape index (κ2) is 8.27. The Morgan fingerprint density at radius 1 is 1.04 bits per heavy atom. The van der Waals surface area contributed by atoms with Gasteiger partial charge in [-0.15, -0.1) is 10.2 Å². The number of rotatable bonds is 6. The minimum Gasteiger partial charge on any atom is -0.480 e. The zero-order valence-corrected chi connectivity index (χ0v) is 14.8. The van der Waals surface area contributed by atoms with Gasteiger partial charge in [0.25, 0.3) is 5.91 Å². The number of methoxy groups -OCH3 is 1. The summed E-state index contributed by atoms with van der Waals surface area (Å²) in [5, 5.41) is 10.7. The van der Waals surface area contributed by atoms with Gasteiger partial charge in [-0.05, 0) is 37.3 Å². The van der Waals surface area contributed by atoms with Gasteiger partial charge < -0.3 is 14.8 Å². The molecule has 0 aliphatic heterocycles. The highest BCUT2D eigenvalue weighted by atomic mass is 19.1. The third-order valence-electron chi connectivity index (χ3n) is 3.81. The first-order valence-corrected chi connectivity index (χ1v) is 8.27. The van der Waals surface area contributed by atoms with Crippen LogP contribution in [0.4, 0.5) is 10.1 Å². The van der Waals surface area contributed by atoms with Crippen molar-refractivity contribution in [2.24, 2.45) is 0 Å². The molecule has 0 radical (unpaired) electrons. The maximum Gasteiger partial charge on any atom is 0.265 e. The molecule has 1 aromatic heterocycles. The SMILES string of the molecule is COc1ccc(-c2ccc(NC(=O)C(C)Oc3ccccc3F)cc2)nn1. The summed E-state index contributed by atoms with van der Waals surface area (Å²) in [6, 6.07) is 16.6. The number of hydrogen-bond acceptors (Lipinski definition) is 5. The number of amides is 1. The number of nitrogens with zero attached hydrogens (tertiary/aromatic N) is 2. The number of carbonyl (C=O) groups excluding carboxylic acids is 1. The van der Waals surface area contributed by atoms with Gasteiger partial charge in [-0.2, -0.15) is 0 Å². The zero-order valence-electron chi connectivity index (χ0n) is 14.8. The molecule has 1 atom stereocenters. The van der Waals surface area contributed by atoms with Crippen molar-refractivity contribution in [3.8, 4) is 22.9 Å². The Kier molecular flexibility index (Phi) is 5.61. The van der Waals surface area contributed by atoms with Gasteiger partial charge in [-0.1, -0.05) is 24.3 Å². The predicted molar refractivity (Wildman–Crippen MR) is 99.1 cm³/mol. The number of benzene rings is 2. The van der Waals surface area contributed by atoms with Crippen LogP contribution in [0.5, 0.6) is 11.6 Å². The van der Waals surface area contributed by atoms with E-state index in [1.165, 1.54) is 19.2 Å². The summed E-state index contributed by atoms with van der Waals surface area (Å²) in [5.41, 5.74) is 2.12. The lowest BCUT2D eigenvalue weighted by molar-refractivity contribution is -0.122. The number of hydrogen-bond donors (Lipinski definition) is 1. The standard InChI is InChI=1S/C20H18FN3O3/c1-13(27-18-6-4-3-5-16(18)21)20(25)22-15-9-7-14(8-10-15)17-11-12-19(26-2)24-23-17/h3-13H,1-2H3,(H,22,25). The summed E-state index contributed by atoms with van der Waals surface area (Å²) in [6.07, 6.45) is -0.853. The van der Waals surface area contributed by atoms with Gasteiger partial charge in [-0.3, -0.25) is 4.79 Å². The van der Waals surface area contributed by atoms with E-state index in [-0.39, 0.29) is 11.7 Å². The average molecular weight is 367 g/mol. The highest BCUT2D eigenvalue weighted by Crippen LogP contribution is 2.21. The molecular formula is C20H18FN3O3. The van der Waals surface area contributed by atoms with Gasteiger partial charge in [0.05, 0.1) is 12.8 Å². The Labute approximate surface area is 156 Å². The van der Waals surface area contributed by atoms with Crippen LogP contribution < -0.4 is 14.8 Å². The van der Waals surface area contributed by atoms with Crippen LogP contribution in [-0.4, -0.2) is 29.3 Å². The minimum atomic E-state index is -0.853. The van der Waals surface area contributed by atoms with Crippen molar-refractivity contribution in [3.63, 3.8) is 0 Å². The second-order valence-electron chi connectivity index (χ2n) is 5.72. The first-order valence-electron chi connectivity index (χ1n) is 8.27. The molecule has 1 amide bonds. The normalized spacial score (nSPS) is 11.5. The van der Waals surface area contributed by atoms with E-state index in [9.17, 15) is 9.18 Å². The average Bonchev–Trinajstić information content (AvgIpc) is 2.70. The predicted octanol–water partition coefficient (Wildman–Crippen LogP) is 3.70. The molecule has 3 aromatic rings. The minimum absolute atomic E-state index is 0.0357. The second-order valence-corrected chi connectivity index (χ2v) is 5.72. The molecule has 27 heavy (non-hydrogen) atoms. The summed E-state index contributed by atoms with van der Waals surface area (Å²) in [4.78, 5) is 12.3. The Bertz CT molecular complexity index is 915. The van der Waals surface area contributed by atoms with Crippen molar-refractivity contribution in [2.75, 3.05) is 12.4 Å². The molecule has 0 spiro atoms. The van der Waals surface area contributed by atoms with E-state index in [0.29, 0.717) is 17.3 Å². The van der Waals surface area contributed by atoms with Crippen molar-refractivity contribution in [3.05, 3.63) is 66.5 Å². The van der Waals surface area contributed by atoms with Crippen molar-refractivity contribution in [1.82, 2.24) is 10.2 Å². The maximum atomic E-state index is 13.6. The molecule has 1 unspecified atom stereocenters. The summed E-state index contributed by atoms with van der Waals surface area (Å²) in [7, 11) is 1.53. The summed E-state index contributed by atoms with van der Waals surface area (Å²) < 4.78 is 24.0. The van der Waals surface area contributed by atoms with E-state index < -0.39 is 11.9 Å². The molecule has 7 heteroatoms. The summed E-state index contributed by atoms with van der Waals surface area (Å²) in [6.45, 7) is 1.56. The Morgan fingerprint density at radius 2 is 1.78 bits per heavy atom. The number of ether oxygens (including phenoxy) is 2. The van der Waals surface area contributed by atoms with Crippen LogP contribution in [0.3, 0.4) is 0 Å². The smallest absolute Gasteiger partial charge is 0.265 e. The first kappa shape index (κ1) is 18.3. The number of nitrogens with one attached hydrogen (secondary N) is 1. The van der Waals surface area contributed by atoms with Gasteiger partial charge in [-0.25, -0.2) is 4.39 Å². The van der Waals surface area contributed by atoms with Gasteiger partial charge in [0.1, 0.15) is 0 Å². The van der Waals surface area contributed by atoms with Crippen LogP contribution in [-0.2, 0) is 4.79 Å². The van der Waals surface area contributed by atoms with Gasteiger partial charge in [0, 0.05) is 17.3 Å². The third-order valence-corrected chi connectivity index (χ3v) is 3.81. The fourth-order valence-electron chi connectivity index (χ4n) is 2.34. The number of para-hydroxylation sites is 1. The van der Waals surface area contributed by atoms with Gasteiger partial charge >= 0.3 is 0 Å². The van der Waals surface area contributed by atoms with E-state index in [1.54, 1.807) is 43.3 Å². The molecular weight excluding hydrogens is 349 g/mol. The summed E-state index contributed by atoms with van der Waals surface area (Å²) >= 11 is 0. The monoisotopic (exact) mass is 367 g/mol. The van der Waals surface area contributed by atoms with Gasteiger partial charge in [0.2, 0.25) is 5.88 Å². The lowest BCUT2D eigenvalue weighted by Crippen LogP contribution is -2.30. The van der Waals surface area contributed by atoms with E-state index >= 15 is 0 Å². The molecule has 0 bridgehead atoms. The zero-order chi connectivity index (χ0) is 19.2. The molecule has 3 rings (SSSR count). The number of carbonyl (C=O) groups is 1. The molecule has 0 aliphatic rings. The lowest BCUT2D eigenvalue weighted by atomic mass is 10.1. The van der Waals surface area contributed by atoms with Crippen LogP contribution in [0.15, 0.2) is 60.7 Å². The Morgan fingerprint density at radius 3 is 2.41 bits per heavy atom. The number of aromatic nitrogens is 2. The molecule has 1 heterocycles. The molecule has 1 N–H and O–H groups in total. The molecule has 6 nitrogen and oxygen atoms in total. The fourth-order valence-corrected chi connectivity index (χ4v) is 2.34. The summed E-state index contributed by atoms with van der Waals surface area (Å²) in [5.74, 6) is -0.419. The molecule has 138 valence electrons. The van der Waals surface area contributed by atoms with Crippen LogP contribution in [0.2, 0.25) is 0 Å². The van der Waals surface area contributed by atoms with Crippen molar-refractivity contribution >= 4 is 11.6 Å². The Hall–Kier alpha value is -3.48. The van der Waals surface area contributed by atoms with E-state index in [1.807, 2.05) is 12.1 Å². The van der Waals surface area contributed by atoms with Crippen molar-refractivity contribution in [2.45, 2.75) is 13.0 Å². The first-order chi connectivity index (χ1) is 13.1. The highest BCUT2D eigenvalue weighted by molar-refractivity contribution is 5.94.